The van der Waals surface area contributed by atoms with E-state index < -0.39 is 12.0 Å². The highest BCUT2D eigenvalue weighted by molar-refractivity contribution is 5.70. The molecule has 74 heavy (non-hydrogen) atoms. The van der Waals surface area contributed by atoms with Crippen molar-refractivity contribution in [1.29, 1.82) is 0 Å². The second-order valence-electron chi connectivity index (χ2n) is 21.4. The van der Waals surface area contributed by atoms with E-state index in [1.54, 1.807) is 0 Å². The lowest BCUT2D eigenvalue weighted by molar-refractivity contribution is -0.151. The molecule has 0 atom stereocenters. The molecule has 0 aliphatic heterocycles. The third-order valence-corrected chi connectivity index (χ3v) is 14.4. The van der Waals surface area contributed by atoms with Crippen molar-refractivity contribution >= 4 is 30.0 Å². The molecule has 1 amide bonds. The molecule has 0 heterocycles. The zero-order valence-corrected chi connectivity index (χ0v) is 49.2. The largest absolute Gasteiger partial charge is 0.465 e. The summed E-state index contributed by atoms with van der Waals surface area (Å²) in [6.07, 6.45) is 40.8. The minimum Gasteiger partial charge on any atom is -0.465 e. The van der Waals surface area contributed by atoms with Gasteiger partial charge in [0.15, 0.2) is 0 Å². The van der Waals surface area contributed by atoms with Gasteiger partial charge in [-0.3, -0.25) is 19.2 Å². The molecule has 0 radical (unpaired) electrons. The summed E-state index contributed by atoms with van der Waals surface area (Å²) in [6, 6.07) is 0. The van der Waals surface area contributed by atoms with E-state index in [1.807, 2.05) is 0 Å². The molecule has 0 aromatic heterocycles. The minimum absolute atomic E-state index is 0.0153. The van der Waals surface area contributed by atoms with E-state index in [2.05, 4.69) is 51.8 Å². The highest BCUT2D eigenvalue weighted by Crippen LogP contribution is 2.21. The number of esters is 4. The van der Waals surface area contributed by atoms with Crippen molar-refractivity contribution in [2.45, 2.75) is 317 Å². The number of alkyl carbamates (subject to hydrolysis) is 1. The summed E-state index contributed by atoms with van der Waals surface area (Å²) in [7, 11) is 0. The number of rotatable bonds is 56. The van der Waals surface area contributed by atoms with Crippen LogP contribution in [-0.2, 0) is 42.9 Å². The zero-order valence-electron chi connectivity index (χ0n) is 49.2. The minimum atomic E-state index is -0.558. The van der Waals surface area contributed by atoms with E-state index in [-0.39, 0.29) is 68.7 Å². The van der Waals surface area contributed by atoms with Gasteiger partial charge in [0.1, 0.15) is 32.0 Å². The van der Waals surface area contributed by atoms with Crippen molar-refractivity contribution in [3.05, 3.63) is 0 Å². The maximum atomic E-state index is 12.8. The third kappa shape index (κ3) is 48.7. The predicted octanol–water partition coefficient (Wildman–Crippen LogP) is 16.7. The molecule has 0 saturated carbocycles. The van der Waals surface area contributed by atoms with Crippen LogP contribution in [0.3, 0.4) is 0 Å². The quantitative estimate of drug-likeness (QED) is 0.0353. The van der Waals surface area contributed by atoms with Gasteiger partial charge in [0, 0.05) is 32.2 Å². The number of ether oxygens (including phenoxy) is 5. The summed E-state index contributed by atoms with van der Waals surface area (Å²) < 4.78 is 28.7. The Labute approximate surface area is 455 Å². The molecule has 12 heteroatoms. The molecule has 0 aromatic rings. The van der Waals surface area contributed by atoms with E-state index in [0.29, 0.717) is 32.2 Å². The number of carbonyl (C=O) groups excluding carboxylic acids is 5. The number of nitrogens with zero attached hydrogens (tertiary/aromatic N) is 1. The first-order chi connectivity index (χ1) is 36.1. The van der Waals surface area contributed by atoms with Gasteiger partial charge in [-0.25, -0.2) is 4.79 Å². The number of hydrogen-bond acceptors (Lipinski definition) is 11. The van der Waals surface area contributed by atoms with Crippen molar-refractivity contribution in [2.24, 2.45) is 5.92 Å². The van der Waals surface area contributed by atoms with Crippen LogP contribution in [0.4, 0.5) is 4.79 Å². The number of hydrogen-bond donors (Lipinski definition) is 1. The smallest absolute Gasteiger partial charge is 0.407 e. The van der Waals surface area contributed by atoms with E-state index in [0.717, 1.165) is 116 Å². The van der Waals surface area contributed by atoms with E-state index >= 15 is 0 Å². The van der Waals surface area contributed by atoms with E-state index in [9.17, 15) is 24.0 Å². The Morgan fingerprint density at radius 2 is 0.649 bits per heavy atom. The number of unbranched alkanes of at least 4 members (excludes halogenated alkanes) is 26. The lowest BCUT2D eigenvalue weighted by Crippen LogP contribution is -2.32. The molecular formula is C62H118N2O10. The maximum Gasteiger partial charge on any atom is 0.407 e. The Kier molecular flexibility index (Phi) is 52.7. The summed E-state index contributed by atoms with van der Waals surface area (Å²) in [6.45, 7) is 16.3. The van der Waals surface area contributed by atoms with Gasteiger partial charge in [0.25, 0.3) is 0 Å². The number of carbonyl (C=O) groups is 5. The van der Waals surface area contributed by atoms with Gasteiger partial charge in [-0.05, 0) is 103 Å². The van der Waals surface area contributed by atoms with Crippen LogP contribution in [0.1, 0.15) is 305 Å². The highest BCUT2D eigenvalue weighted by Gasteiger charge is 2.19. The molecule has 0 fully saturated rings. The second kappa shape index (κ2) is 54.9. The summed E-state index contributed by atoms with van der Waals surface area (Å²) in [5.41, 5.74) is 0. The molecule has 0 spiro atoms. The molecule has 436 valence electrons. The fourth-order valence-corrected chi connectivity index (χ4v) is 9.40. The summed E-state index contributed by atoms with van der Waals surface area (Å²) in [5.74, 6) is -1.45. The van der Waals surface area contributed by atoms with Gasteiger partial charge >= 0.3 is 30.0 Å². The standard InChI is InChI=1S/C62H118N2O10/c1-7-13-17-21-25-33-42-56(43-34-26-22-18-14-8-2)73-60(67)48-39-31-29-37-46-58(65)70-52-55(54-72-62(69)63-50-41-51-64(11-5)12-6)53-71-59(66)47-38-30-32-40-49-61(68)74-57(44-35-27-23-19-15-9-3)45-36-28-24-20-16-10-4/h55-57H,7-54H2,1-6H3,(H,63,69). The average Bonchev–Trinajstić information content (AvgIpc) is 3.39. The highest BCUT2D eigenvalue weighted by atomic mass is 16.6. The molecule has 0 aliphatic rings. The Morgan fingerprint density at radius 3 is 0.986 bits per heavy atom. The van der Waals surface area contributed by atoms with Gasteiger partial charge in [0.2, 0.25) is 0 Å². The van der Waals surface area contributed by atoms with Crippen LogP contribution in [0, 0.1) is 5.92 Å². The summed E-state index contributed by atoms with van der Waals surface area (Å²) in [4.78, 5) is 66.2. The molecule has 0 aromatic carbocycles. The average molecular weight is 1050 g/mol. The molecule has 12 nitrogen and oxygen atoms in total. The van der Waals surface area contributed by atoms with Crippen LogP contribution in [-0.4, -0.2) is 93.1 Å². The van der Waals surface area contributed by atoms with Crippen LogP contribution in [0.15, 0.2) is 0 Å². The van der Waals surface area contributed by atoms with Crippen LogP contribution in [0.2, 0.25) is 0 Å². The van der Waals surface area contributed by atoms with Crippen molar-refractivity contribution in [2.75, 3.05) is 46.0 Å². The van der Waals surface area contributed by atoms with Gasteiger partial charge in [0.05, 0.1) is 5.92 Å². The lowest BCUT2D eigenvalue weighted by atomic mass is 10.0. The van der Waals surface area contributed by atoms with Gasteiger partial charge in [-0.1, -0.05) is 196 Å². The van der Waals surface area contributed by atoms with Crippen molar-refractivity contribution in [3.8, 4) is 0 Å². The molecule has 1 N–H and O–H groups in total. The first kappa shape index (κ1) is 71.1. The zero-order chi connectivity index (χ0) is 54.4. The Balaban J connectivity index is 4.86. The van der Waals surface area contributed by atoms with Crippen molar-refractivity contribution in [1.82, 2.24) is 10.2 Å². The fraction of sp³-hybridized carbons (Fsp3) is 0.919. The monoisotopic (exact) mass is 1050 g/mol. The Bertz CT molecular complexity index is 1190. The summed E-state index contributed by atoms with van der Waals surface area (Å²) >= 11 is 0. The molecule has 0 saturated heterocycles. The molecule has 0 rings (SSSR count). The molecule has 0 aliphatic carbocycles. The first-order valence-electron chi connectivity index (χ1n) is 31.4. The summed E-state index contributed by atoms with van der Waals surface area (Å²) in [5, 5.41) is 2.79. The molecular weight excluding hydrogens is 933 g/mol. The molecule has 0 unspecified atom stereocenters. The van der Waals surface area contributed by atoms with Gasteiger partial charge < -0.3 is 33.9 Å². The Morgan fingerprint density at radius 1 is 0.351 bits per heavy atom. The molecule has 0 bridgehead atoms. The van der Waals surface area contributed by atoms with E-state index in [4.69, 9.17) is 23.7 Å². The first-order valence-corrected chi connectivity index (χ1v) is 31.4. The third-order valence-electron chi connectivity index (χ3n) is 14.4. The fourth-order valence-electron chi connectivity index (χ4n) is 9.40. The Hall–Kier alpha value is -2.89. The van der Waals surface area contributed by atoms with Gasteiger partial charge in [-0.2, -0.15) is 0 Å². The van der Waals surface area contributed by atoms with Crippen LogP contribution >= 0.6 is 0 Å². The van der Waals surface area contributed by atoms with Crippen LogP contribution in [0.25, 0.3) is 0 Å². The van der Waals surface area contributed by atoms with Crippen LogP contribution < -0.4 is 5.32 Å². The van der Waals surface area contributed by atoms with Gasteiger partial charge in [-0.15, -0.1) is 0 Å². The van der Waals surface area contributed by atoms with Crippen molar-refractivity contribution in [3.63, 3.8) is 0 Å². The van der Waals surface area contributed by atoms with E-state index in [1.165, 1.54) is 128 Å². The van der Waals surface area contributed by atoms with Crippen molar-refractivity contribution < 1.29 is 47.7 Å². The lowest BCUT2D eigenvalue weighted by Gasteiger charge is -2.19. The maximum absolute atomic E-state index is 12.8. The number of nitrogens with one attached hydrogen (secondary N) is 1. The number of amides is 1. The SMILES string of the molecule is CCCCCCCCC(CCCCCCCC)OC(=O)CCCCCCC(=O)OCC(COC(=O)CCCCCCC(=O)OC(CCCCCCCC)CCCCCCCC)COC(=O)NCCCN(CC)CC. The second-order valence-corrected chi connectivity index (χ2v) is 21.4. The normalized spacial score (nSPS) is 11.5. The topological polar surface area (TPSA) is 147 Å². The predicted molar refractivity (Wildman–Crippen MR) is 304 cm³/mol. The van der Waals surface area contributed by atoms with Crippen LogP contribution in [0.5, 0.6) is 0 Å².